The minimum Gasteiger partial charge on any atom is -0.497 e. The van der Waals surface area contributed by atoms with Crippen LogP contribution in [0.3, 0.4) is 0 Å². The average Bonchev–Trinajstić information content (AvgIpc) is 2.96. The number of H-pyrrole nitrogens is 1. The van der Waals surface area contributed by atoms with Gasteiger partial charge in [-0.05, 0) is 36.4 Å². The van der Waals surface area contributed by atoms with Crippen LogP contribution in [0.5, 0.6) is 5.75 Å². The second kappa shape index (κ2) is 5.37. The third-order valence-corrected chi connectivity index (χ3v) is 3.55. The summed E-state index contributed by atoms with van der Waals surface area (Å²) < 4.78 is 5.11. The lowest BCUT2D eigenvalue weighted by atomic mass is 10.0. The maximum Gasteiger partial charge on any atom is 0.335 e. The largest absolute Gasteiger partial charge is 0.497 e. The summed E-state index contributed by atoms with van der Waals surface area (Å²) in [5.74, 6) is -0.369. The zero-order valence-electron chi connectivity index (χ0n) is 11.8. The molecule has 0 aliphatic rings. The van der Waals surface area contributed by atoms with Crippen molar-refractivity contribution in [1.29, 1.82) is 0 Å². The SMILES string of the molecule is COc1ccc(-c2cc3ccc(C(=O)O)cc3[nH]2)c(C=O)c1. The van der Waals surface area contributed by atoms with Crippen molar-refractivity contribution in [2.75, 3.05) is 7.11 Å². The van der Waals surface area contributed by atoms with Gasteiger partial charge in [-0.3, -0.25) is 4.79 Å². The number of aromatic nitrogens is 1. The lowest BCUT2D eigenvalue weighted by molar-refractivity contribution is 0.0697. The molecule has 0 aliphatic carbocycles. The molecule has 0 unspecified atom stereocenters. The Bertz CT molecular complexity index is 879. The second-order valence-corrected chi connectivity index (χ2v) is 4.86. The van der Waals surface area contributed by atoms with Gasteiger partial charge in [0.05, 0.1) is 12.7 Å². The van der Waals surface area contributed by atoms with Crippen molar-refractivity contribution in [1.82, 2.24) is 4.98 Å². The van der Waals surface area contributed by atoms with Crippen LogP contribution in [-0.2, 0) is 0 Å². The van der Waals surface area contributed by atoms with E-state index in [0.717, 1.165) is 22.9 Å². The highest BCUT2D eigenvalue weighted by Crippen LogP contribution is 2.29. The van der Waals surface area contributed by atoms with Gasteiger partial charge >= 0.3 is 5.97 Å². The van der Waals surface area contributed by atoms with Gasteiger partial charge in [-0.2, -0.15) is 0 Å². The van der Waals surface area contributed by atoms with Crippen molar-refractivity contribution in [2.45, 2.75) is 0 Å². The van der Waals surface area contributed by atoms with E-state index in [9.17, 15) is 9.59 Å². The van der Waals surface area contributed by atoms with Crippen LogP contribution in [-0.4, -0.2) is 29.5 Å². The molecule has 0 radical (unpaired) electrons. The minimum absolute atomic E-state index is 0.214. The van der Waals surface area contributed by atoms with E-state index < -0.39 is 5.97 Å². The van der Waals surface area contributed by atoms with E-state index in [0.29, 0.717) is 16.8 Å². The molecule has 22 heavy (non-hydrogen) atoms. The summed E-state index contributed by atoms with van der Waals surface area (Å²) in [7, 11) is 1.54. The summed E-state index contributed by atoms with van der Waals surface area (Å²) in [6, 6.07) is 12.0. The Hall–Kier alpha value is -3.08. The number of carbonyl (C=O) groups excluding carboxylic acids is 1. The molecule has 5 heteroatoms. The zero-order chi connectivity index (χ0) is 15.7. The number of ether oxygens (including phenoxy) is 1. The molecule has 0 amide bonds. The third-order valence-electron chi connectivity index (χ3n) is 3.55. The van der Waals surface area contributed by atoms with Crippen molar-refractivity contribution < 1.29 is 19.4 Å². The fourth-order valence-electron chi connectivity index (χ4n) is 2.42. The monoisotopic (exact) mass is 295 g/mol. The summed E-state index contributed by atoms with van der Waals surface area (Å²) >= 11 is 0. The van der Waals surface area contributed by atoms with Crippen molar-refractivity contribution >= 4 is 23.2 Å². The highest BCUT2D eigenvalue weighted by molar-refractivity contribution is 5.96. The van der Waals surface area contributed by atoms with Crippen LogP contribution in [0, 0.1) is 0 Å². The molecule has 0 spiro atoms. The van der Waals surface area contributed by atoms with Crippen molar-refractivity contribution in [3.05, 3.63) is 53.6 Å². The quantitative estimate of drug-likeness (QED) is 0.723. The van der Waals surface area contributed by atoms with Gasteiger partial charge in [0.1, 0.15) is 5.75 Å². The number of aldehydes is 1. The number of hydrogen-bond donors (Lipinski definition) is 2. The number of carbonyl (C=O) groups is 2. The number of aromatic carboxylic acids is 1. The van der Waals surface area contributed by atoms with Gasteiger partial charge in [-0.1, -0.05) is 6.07 Å². The molecule has 2 aromatic carbocycles. The Morgan fingerprint density at radius 1 is 1.18 bits per heavy atom. The molecule has 0 atom stereocenters. The first-order valence-corrected chi connectivity index (χ1v) is 6.62. The van der Waals surface area contributed by atoms with Crippen LogP contribution < -0.4 is 4.74 Å². The first-order chi connectivity index (χ1) is 10.6. The van der Waals surface area contributed by atoms with Crippen molar-refractivity contribution in [3.63, 3.8) is 0 Å². The number of benzene rings is 2. The van der Waals surface area contributed by atoms with Crippen LogP contribution in [0.25, 0.3) is 22.2 Å². The Morgan fingerprint density at radius 3 is 2.68 bits per heavy atom. The molecule has 1 heterocycles. The lowest BCUT2D eigenvalue weighted by Crippen LogP contribution is -1.94. The molecular formula is C17H13NO4. The van der Waals surface area contributed by atoms with Crippen LogP contribution in [0.1, 0.15) is 20.7 Å². The molecule has 0 bridgehead atoms. The van der Waals surface area contributed by atoms with E-state index in [1.807, 2.05) is 6.07 Å². The summed E-state index contributed by atoms with van der Waals surface area (Å²) in [6.07, 6.45) is 0.770. The summed E-state index contributed by atoms with van der Waals surface area (Å²) in [6.45, 7) is 0. The number of carboxylic acid groups (broad SMARTS) is 1. The third kappa shape index (κ3) is 2.33. The normalized spacial score (nSPS) is 10.6. The predicted molar refractivity (Wildman–Crippen MR) is 82.6 cm³/mol. The fraction of sp³-hybridized carbons (Fsp3) is 0.0588. The Balaban J connectivity index is 2.14. The number of hydrogen-bond acceptors (Lipinski definition) is 3. The van der Waals surface area contributed by atoms with E-state index in [2.05, 4.69) is 4.98 Å². The second-order valence-electron chi connectivity index (χ2n) is 4.86. The predicted octanol–water partition coefficient (Wildman–Crippen LogP) is 3.35. The molecule has 0 saturated heterocycles. The maximum absolute atomic E-state index is 11.3. The van der Waals surface area contributed by atoms with Crippen LogP contribution in [0.15, 0.2) is 42.5 Å². The lowest BCUT2D eigenvalue weighted by Gasteiger charge is -2.05. The Labute approximate surface area is 126 Å². The molecule has 1 aromatic heterocycles. The van der Waals surface area contributed by atoms with E-state index in [-0.39, 0.29) is 5.56 Å². The van der Waals surface area contributed by atoms with E-state index >= 15 is 0 Å². The number of rotatable bonds is 4. The number of methoxy groups -OCH3 is 1. The molecule has 110 valence electrons. The minimum atomic E-state index is -0.976. The first kappa shape index (κ1) is 13.9. The van der Waals surface area contributed by atoms with Gasteiger partial charge < -0.3 is 14.8 Å². The summed E-state index contributed by atoms with van der Waals surface area (Å²) in [4.78, 5) is 25.5. The number of aromatic amines is 1. The van der Waals surface area contributed by atoms with Gasteiger partial charge in [0.2, 0.25) is 0 Å². The summed E-state index contributed by atoms with van der Waals surface area (Å²) in [5, 5.41) is 9.92. The number of carboxylic acids is 1. The van der Waals surface area contributed by atoms with E-state index in [1.165, 1.54) is 0 Å². The molecule has 5 nitrogen and oxygen atoms in total. The standard InChI is InChI=1S/C17H13NO4/c1-22-13-4-5-14(12(6-13)9-19)16-7-10-2-3-11(17(20)21)8-15(10)18-16/h2-9,18H,1H3,(H,20,21). The number of fused-ring (bicyclic) bond motifs is 1. The maximum atomic E-state index is 11.3. The highest BCUT2D eigenvalue weighted by atomic mass is 16.5. The Morgan fingerprint density at radius 2 is 2.00 bits per heavy atom. The molecule has 3 rings (SSSR count). The Kier molecular flexibility index (Phi) is 3.39. The van der Waals surface area contributed by atoms with Gasteiger partial charge in [0.15, 0.2) is 6.29 Å². The van der Waals surface area contributed by atoms with E-state index in [4.69, 9.17) is 9.84 Å². The van der Waals surface area contributed by atoms with Crippen LogP contribution >= 0.6 is 0 Å². The molecule has 2 N–H and O–H groups in total. The van der Waals surface area contributed by atoms with Gasteiger partial charge in [0.25, 0.3) is 0 Å². The van der Waals surface area contributed by atoms with Gasteiger partial charge in [-0.15, -0.1) is 0 Å². The van der Waals surface area contributed by atoms with Crippen molar-refractivity contribution in [3.8, 4) is 17.0 Å². The van der Waals surface area contributed by atoms with Gasteiger partial charge in [0, 0.05) is 27.7 Å². The molecule has 0 fully saturated rings. The average molecular weight is 295 g/mol. The molecular weight excluding hydrogens is 282 g/mol. The van der Waals surface area contributed by atoms with Crippen LogP contribution in [0.4, 0.5) is 0 Å². The first-order valence-electron chi connectivity index (χ1n) is 6.62. The topological polar surface area (TPSA) is 79.4 Å². The fourth-order valence-corrected chi connectivity index (χ4v) is 2.42. The summed E-state index contributed by atoms with van der Waals surface area (Å²) in [5.41, 5.74) is 2.92. The molecule has 0 saturated carbocycles. The number of nitrogens with one attached hydrogen (secondary N) is 1. The molecule has 0 aliphatic heterocycles. The van der Waals surface area contributed by atoms with Gasteiger partial charge in [-0.25, -0.2) is 4.79 Å². The smallest absolute Gasteiger partial charge is 0.335 e. The van der Waals surface area contributed by atoms with Crippen LogP contribution in [0.2, 0.25) is 0 Å². The van der Waals surface area contributed by atoms with E-state index in [1.54, 1.807) is 43.5 Å². The zero-order valence-corrected chi connectivity index (χ0v) is 11.8. The molecule has 3 aromatic rings. The van der Waals surface area contributed by atoms with Crippen molar-refractivity contribution in [2.24, 2.45) is 0 Å². The highest BCUT2D eigenvalue weighted by Gasteiger charge is 2.11.